The molecule has 1 amide bonds. The maximum absolute atomic E-state index is 12.0. The second kappa shape index (κ2) is 8.12. The van der Waals surface area contributed by atoms with Gasteiger partial charge in [0.25, 0.3) is 0 Å². The Balaban J connectivity index is 2.44. The predicted octanol–water partition coefficient (Wildman–Crippen LogP) is 2.92. The van der Waals surface area contributed by atoms with Gasteiger partial charge in [-0.05, 0) is 32.6 Å². The van der Waals surface area contributed by atoms with E-state index < -0.39 is 11.5 Å². The lowest BCUT2D eigenvalue weighted by atomic mass is 9.88. The number of carbonyl (C=O) groups is 2. The van der Waals surface area contributed by atoms with E-state index in [0.29, 0.717) is 19.3 Å². The first-order chi connectivity index (χ1) is 9.90. The van der Waals surface area contributed by atoms with Crippen LogP contribution in [0.25, 0.3) is 0 Å². The van der Waals surface area contributed by atoms with E-state index in [4.69, 9.17) is 5.11 Å². The average Bonchev–Trinajstić information content (AvgIpc) is 2.83. The topological polar surface area (TPSA) is 79.3 Å². The standard InChI is InChI=1S/C15H24N2O3S/c1-4-15(5-2,9-14(19)20)17-13(18)8-6-7-12-10-21-11(3)16-12/h10H,4-9H2,1-3H3,(H,17,18)(H,19,20). The van der Waals surface area contributed by atoms with Crippen LogP contribution in [0.15, 0.2) is 5.38 Å². The SMILES string of the molecule is CCC(CC)(CC(=O)O)NC(=O)CCCc1csc(C)n1. The zero-order valence-electron chi connectivity index (χ0n) is 12.9. The van der Waals surface area contributed by atoms with Gasteiger partial charge in [0.05, 0.1) is 17.1 Å². The molecule has 0 aliphatic carbocycles. The first-order valence-electron chi connectivity index (χ1n) is 7.34. The molecule has 1 aromatic heterocycles. The fraction of sp³-hybridized carbons (Fsp3) is 0.667. The third-order valence-electron chi connectivity index (χ3n) is 3.75. The van der Waals surface area contributed by atoms with Crippen molar-refractivity contribution in [3.05, 3.63) is 16.1 Å². The highest BCUT2D eigenvalue weighted by molar-refractivity contribution is 7.09. The normalized spacial score (nSPS) is 11.4. The molecule has 21 heavy (non-hydrogen) atoms. The Morgan fingerprint density at radius 1 is 1.38 bits per heavy atom. The van der Waals surface area contributed by atoms with E-state index in [1.54, 1.807) is 11.3 Å². The van der Waals surface area contributed by atoms with Gasteiger partial charge in [0, 0.05) is 17.3 Å². The van der Waals surface area contributed by atoms with E-state index in [1.165, 1.54) is 0 Å². The van der Waals surface area contributed by atoms with Gasteiger partial charge in [0.1, 0.15) is 0 Å². The molecule has 0 spiro atoms. The lowest BCUT2D eigenvalue weighted by Crippen LogP contribution is -2.49. The zero-order valence-corrected chi connectivity index (χ0v) is 13.8. The molecule has 0 bridgehead atoms. The van der Waals surface area contributed by atoms with E-state index in [9.17, 15) is 9.59 Å². The predicted molar refractivity (Wildman–Crippen MR) is 83.5 cm³/mol. The molecule has 118 valence electrons. The lowest BCUT2D eigenvalue weighted by molar-refractivity contribution is -0.139. The van der Waals surface area contributed by atoms with Crippen LogP contribution in [-0.2, 0) is 16.0 Å². The molecule has 0 aliphatic heterocycles. The van der Waals surface area contributed by atoms with Crippen LogP contribution < -0.4 is 5.32 Å². The molecule has 0 radical (unpaired) electrons. The van der Waals surface area contributed by atoms with E-state index in [-0.39, 0.29) is 12.3 Å². The number of carbonyl (C=O) groups excluding carboxylic acids is 1. The molecule has 5 nitrogen and oxygen atoms in total. The Labute approximate surface area is 129 Å². The summed E-state index contributed by atoms with van der Waals surface area (Å²) in [6.45, 7) is 5.78. The number of hydrogen-bond donors (Lipinski definition) is 2. The third-order valence-corrected chi connectivity index (χ3v) is 4.57. The number of nitrogens with one attached hydrogen (secondary N) is 1. The largest absolute Gasteiger partial charge is 0.481 e. The van der Waals surface area contributed by atoms with Crippen molar-refractivity contribution in [1.29, 1.82) is 0 Å². The van der Waals surface area contributed by atoms with E-state index in [0.717, 1.165) is 23.5 Å². The molecule has 0 saturated carbocycles. The van der Waals surface area contributed by atoms with Gasteiger partial charge in [-0.1, -0.05) is 13.8 Å². The average molecular weight is 312 g/mol. The van der Waals surface area contributed by atoms with Gasteiger partial charge in [-0.3, -0.25) is 9.59 Å². The number of hydrogen-bond acceptors (Lipinski definition) is 4. The smallest absolute Gasteiger partial charge is 0.305 e. The number of carboxylic acid groups (broad SMARTS) is 1. The summed E-state index contributed by atoms with van der Waals surface area (Å²) in [6, 6.07) is 0. The first kappa shape index (κ1) is 17.6. The van der Waals surface area contributed by atoms with Crippen LogP contribution in [0.4, 0.5) is 0 Å². The van der Waals surface area contributed by atoms with Crippen molar-refractivity contribution in [2.45, 2.75) is 64.8 Å². The maximum Gasteiger partial charge on any atom is 0.305 e. The van der Waals surface area contributed by atoms with Crippen LogP contribution in [0, 0.1) is 6.92 Å². The van der Waals surface area contributed by atoms with E-state index in [1.807, 2.05) is 26.2 Å². The first-order valence-corrected chi connectivity index (χ1v) is 8.22. The van der Waals surface area contributed by atoms with Crippen LogP contribution in [0.5, 0.6) is 0 Å². The van der Waals surface area contributed by atoms with Gasteiger partial charge >= 0.3 is 5.97 Å². The summed E-state index contributed by atoms with van der Waals surface area (Å²) >= 11 is 1.61. The van der Waals surface area contributed by atoms with Gasteiger partial charge in [-0.15, -0.1) is 11.3 Å². The molecule has 0 unspecified atom stereocenters. The van der Waals surface area contributed by atoms with Crippen molar-refractivity contribution in [2.24, 2.45) is 0 Å². The summed E-state index contributed by atoms with van der Waals surface area (Å²) in [5.41, 5.74) is 0.397. The van der Waals surface area contributed by atoms with Crippen LogP contribution in [-0.4, -0.2) is 27.5 Å². The molecule has 6 heteroatoms. The molecule has 1 aromatic rings. The molecule has 1 rings (SSSR count). The van der Waals surface area contributed by atoms with Crippen LogP contribution in [0.3, 0.4) is 0 Å². The van der Waals surface area contributed by atoms with Gasteiger partial charge < -0.3 is 10.4 Å². The minimum absolute atomic E-state index is 0.0307. The number of aliphatic carboxylic acids is 1. The highest BCUT2D eigenvalue weighted by Crippen LogP contribution is 2.20. The molecule has 2 N–H and O–H groups in total. The van der Waals surface area contributed by atoms with Gasteiger partial charge in [-0.2, -0.15) is 0 Å². The van der Waals surface area contributed by atoms with Crippen LogP contribution in [0.1, 0.15) is 56.7 Å². The molecule has 0 saturated heterocycles. The van der Waals surface area contributed by atoms with Crippen molar-refractivity contribution in [3.8, 4) is 0 Å². The molecular formula is C15H24N2O3S. The van der Waals surface area contributed by atoms with E-state index >= 15 is 0 Å². The monoisotopic (exact) mass is 312 g/mol. The van der Waals surface area contributed by atoms with Gasteiger partial charge in [0.15, 0.2) is 0 Å². The molecule has 0 atom stereocenters. The quantitative estimate of drug-likeness (QED) is 0.735. The van der Waals surface area contributed by atoms with E-state index in [2.05, 4.69) is 10.3 Å². The highest BCUT2D eigenvalue weighted by atomic mass is 32.1. The number of rotatable bonds is 9. The number of carboxylic acids is 1. The fourth-order valence-corrected chi connectivity index (χ4v) is 2.97. The molecule has 1 heterocycles. The molecular weight excluding hydrogens is 288 g/mol. The Kier molecular flexibility index (Phi) is 6.81. The minimum Gasteiger partial charge on any atom is -0.481 e. The summed E-state index contributed by atoms with van der Waals surface area (Å²) in [5, 5.41) is 15.0. The van der Waals surface area contributed by atoms with Gasteiger partial charge in [0.2, 0.25) is 5.91 Å². The Morgan fingerprint density at radius 2 is 2.05 bits per heavy atom. The van der Waals surface area contributed by atoms with Crippen molar-refractivity contribution in [1.82, 2.24) is 10.3 Å². The highest BCUT2D eigenvalue weighted by Gasteiger charge is 2.30. The number of aromatic nitrogens is 1. The Morgan fingerprint density at radius 3 is 2.52 bits per heavy atom. The maximum atomic E-state index is 12.0. The minimum atomic E-state index is -0.878. The second-order valence-electron chi connectivity index (χ2n) is 5.32. The fourth-order valence-electron chi connectivity index (χ4n) is 2.32. The van der Waals surface area contributed by atoms with Crippen LogP contribution in [0.2, 0.25) is 0 Å². The summed E-state index contributed by atoms with van der Waals surface area (Å²) in [6.07, 6.45) is 3.11. The molecule has 0 fully saturated rings. The number of amides is 1. The summed E-state index contributed by atoms with van der Waals surface area (Å²) in [4.78, 5) is 27.4. The molecule has 0 aliphatic rings. The summed E-state index contributed by atoms with van der Waals surface area (Å²) in [7, 11) is 0. The van der Waals surface area contributed by atoms with Crippen molar-refractivity contribution in [3.63, 3.8) is 0 Å². The summed E-state index contributed by atoms with van der Waals surface area (Å²) in [5.74, 6) is -0.955. The zero-order chi connectivity index (χ0) is 15.9. The second-order valence-corrected chi connectivity index (χ2v) is 6.38. The summed E-state index contributed by atoms with van der Waals surface area (Å²) < 4.78 is 0. The van der Waals surface area contributed by atoms with Gasteiger partial charge in [-0.25, -0.2) is 4.98 Å². The number of aryl methyl sites for hydroxylation is 2. The third kappa shape index (κ3) is 5.83. The van der Waals surface area contributed by atoms with Crippen molar-refractivity contribution < 1.29 is 14.7 Å². The van der Waals surface area contributed by atoms with Crippen molar-refractivity contribution in [2.75, 3.05) is 0 Å². The number of nitrogens with zero attached hydrogens (tertiary/aromatic N) is 1. The lowest BCUT2D eigenvalue weighted by Gasteiger charge is -2.31. The van der Waals surface area contributed by atoms with Crippen LogP contribution >= 0.6 is 11.3 Å². The molecule has 0 aromatic carbocycles. The Hall–Kier alpha value is -1.43. The van der Waals surface area contributed by atoms with Crippen molar-refractivity contribution >= 4 is 23.2 Å². The number of thiazole rings is 1. The Bertz CT molecular complexity index is 481.